The Bertz CT molecular complexity index is 510. The number of rotatable bonds is 4. The van der Waals surface area contributed by atoms with Gasteiger partial charge in [0.1, 0.15) is 0 Å². The number of benzene rings is 1. The quantitative estimate of drug-likeness (QED) is 0.895. The van der Waals surface area contributed by atoms with Crippen LogP contribution in [0, 0.1) is 0 Å². The lowest BCUT2D eigenvalue weighted by Gasteiger charge is -2.30. The summed E-state index contributed by atoms with van der Waals surface area (Å²) in [6.07, 6.45) is 5.37. The number of aryl methyl sites for hydroxylation is 1. The van der Waals surface area contributed by atoms with Gasteiger partial charge in [0.2, 0.25) is 5.91 Å². The van der Waals surface area contributed by atoms with E-state index in [1.54, 1.807) is 0 Å². The topological polar surface area (TPSA) is 52.6 Å². The van der Waals surface area contributed by atoms with Gasteiger partial charge in [0.25, 0.3) is 0 Å². The first-order valence-corrected chi connectivity index (χ1v) is 8.50. The van der Waals surface area contributed by atoms with Crippen LogP contribution in [0.25, 0.3) is 0 Å². The zero-order valence-corrected chi connectivity index (χ0v) is 13.1. The van der Waals surface area contributed by atoms with Gasteiger partial charge >= 0.3 is 0 Å². The molecule has 1 aromatic carbocycles. The highest BCUT2D eigenvalue weighted by Crippen LogP contribution is 2.29. The normalized spacial score (nSPS) is 23.0. The summed E-state index contributed by atoms with van der Waals surface area (Å²) in [5, 5.41) is 12.7. The predicted molar refractivity (Wildman–Crippen MR) is 86.6 cm³/mol. The molecule has 3 rings (SSSR count). The Hall–Kier alpha value is -1.39. The lowest BCUT2D eigenvalue weighted by Crippen LogP contribution is -2.39. The molecule has 1 aliphatic heterocycles. The van der Waals surface area contributed by atoms with Gasteiger partial charge in [-0.25, -0.2) is 0 Å². The Balaban J connectivity index is 1.48. The summed E-state index contributed by atoms with van der Waals surface area (Å²) < 4.78 is 0. The maximum atomic E-state index is 12.2. The SMILES string of the molecule is O=C(CCN1CCC(O)CC1)NC1CCCc2ccccc21. The van der Waals surface area contributed by atoms with E-state index >= 15 is 0 Å². The second-order valence-corrected chi connectivity index (χ2v) is 6.53. The van der Waals surface area contributed by atoms with Crippen molar-refractivity contribution in [3.8, 4) is 0 Å². The number of hydrogen-bond donors (Lipinski definition) is 2. The minimum atomic E-state index is -0.149. The molecule has 1 aliphatic carbocycles. The van der Waals surface area contributed by atoms with Gasteiger partial charge in [-0.05, 0) is 43.2 Å². The molecule has 1 aromatic rings. The van der Waals surface area contributed by atoms with Gasteiger partial charge in [0.15, 0.2) is 0 Å². The second kappa shape index (κ2) is 7.25. The summed E-state index contributed by atoms with van der Waals surface area (Å²) >= 11 is 0. The van der Waals surface area contributed by atoms with Crippen LogP contribution < -0.4 is 5.32 Å². The summed E-state index contributed by atoms with van der Waals surface area (Å²) in [5.74, 6) is 0.146. The number of aliphatic hydroxyl groups excluding tert-OH is 1. The van der Waals surface area contributed by atoms with E-state index < -0.39 is 0 Å². The highest BCUT2D eigenvalue weighted by Gasteiger charge is 2.22. The molecular weight excluding hydrogens is 276 g/mol. The summed E-state index contributed by atoms with van der Waals surface area (Å²) in [5.41, 5.74) is 2.67. The Labute approximate surface area is 132 Å². The third-order valence-electron chi connectivity index (χ3n) is 4.92. The van der Waals surface area contributed by atoms with Gasteiger partial charge in [0.05, 0.1) is 12.1 Å². The highest BCUT2D eigenvalue weighted by atomic mass is 16.3. The van der Waals surface area contributed by atoms with Crippen molar-refractivity contribution in [2.75, 3.05) is 19.6 Å². The highest BCUT2D eigenvalue weighted by molar-refractivity contribution is 5.76. The number of amides is 1. The maximum absolute atomic E-state index is 12.2. The lowest BCUT2D eigenvalue weighted by atomic mass is 9.87. The van der Waals surface area contributed by atoms with Crippen molar-refractivity contribution >= 4 is 5.91 Å². The number of carbonyl (C=O) groups excluding carboxylic acids is 1. The molecule has 0 spiro atoms. The van der Waals surface area contributed by atoms with Gasteiger partial charge in [-0.15, -0.1) is 0 Å². The molecule has 0 saturated carbocycles. The number of likely N-dealkylation sites (tertiary alicyclic amines) is 1. The Morgan fingerprint density at radius 3 is 2.82 bits per heavy atom. The Morgan fingerprint density at radius 2 is 2.00 bits per heavy atom. The van der Waals surface area contributed by atoms with Crippen LogP contribution in [0.5, 0.6) is 0 Å². The van der Waals surface area contributed by atoms with Gasteiger partial charge in [-0.3, -0.25) is 4.79 Å². The fourth-order valence-corrected chi connectivity index (χ4v) is 3.57. The first kappa shape index (κ1) is 15.5. The van der Waals surface area contributed by atoms with Crippen molar-refractivity contribution in [3.05, 3.63) is 35.4 Å². The zero-order chi connectivity index (χ0) is 15.4. The lowest BCUT2D eigenvalue weighted by molar-refractivity contribution is -0.122. The molecule has 4 nitrogen and oxygen atoms in total. The van der Waals surface area contributed by atoms with E-state index in [0.717, 1.165) is 51.7 Å². The van der Waals surface area contributed by atoms with E-state index in [-0.39, 0.29) is 18.1 Å². The molecule has 2 N–H and O–H groups in total. The first-order chi connectivity index (χ1) is 10.7. The number of nitrogens with zero attached hydrogens (tertiary/aromatic N) is 1. The van der Waals surface area contributed by atoms with Crippen molar-refractivity contribution < 1.29 is 9.90 Å². The van der Waals surface area contributed by atoms with E-state index in [1.807, 2.05) is 0 Å². The van der Waals surface area contributed by atoms with E-state index in [9.17, 15) is 9.90 Å². The van der Waals surface area contributed by atoms with Gasteiger partial charge in [0, 0.05) is 26.1 Å². The molecule has 1 fully saturated rings. The molecule has 1 amide bonds. The molecule has 22 heavy (non-hydrogen) atoms. The van der Waals surface area contributed by atoms with Crippen LogP contribution in [0.1, 0.15) is 49.3 Å². The molecule has 0 radical (unpaired) electrons. The maximum Gasteiger partial charge on any atom is 0.221 e. The van der Waals surface area contributed by atoms with Crippen LogP contribution in [0.15, 0.2) is 24.3 Å². The largest absolute Gasteiger partial charge is 0.393 e. The standard InChI is InChI=1S/C18H26N2O2/c21-15-8-11-20(12-9-15)13-10-18(22)19-17-7-3-5-14-4-1-2-6-16(14)17/h1-2,4,6,15,17,21H,3,5,7-13H2,(H,19,22). The van der Waals surface area contributed by atoms with E-state index in [2.05, 4.69) is 34.5 Å². The average Bonchev–Trinajstić information content (AvgIpc) is 2.55. The van der Waals surface area contributed by atoms with E-state index in [0.29, 0.717) is 6.42 Å². The number of aliphatic hydroxyl groups is 1. The van der Waals surface area contributed by atoms with E-state index in [1.165, 1.54) is 11.1 Å². The van der Waals surface area contributed by atoms with E-state index in [4.69, 9.17) is 0 Å². The minimum Gasteiger partial charge on any atom is -0.393 e. The van der Waals surface area contributed by atoms with Crippen LogP contribution in [0.2, 0.25) is 0 Å². The second-order valence-electron chi connectivity index (χ2n) is 6.53. The van der Waals surface area contributed by atoms with Gasteiger partial charge in [-0.1, -0.05) is 24.3 Å². The third kappa shape index (κ3) is 3.87. The number of hydrogen-bond acceptors (Lipinski definition) is 3. The molecule has 1 heterocycles. The van der Waals surface area contributed by atoms with Crippen LogP contribution >= 0.6 is 0 Å². The summed E-state index contributed by atoms with van der Waals surface area (Å²) in [4.78, 5) is 14.5. The van der Waals surface area contributed by atoms with Crippen LogP contribution in [-0.2, 0) is 11.2 Å². The number of nitrogens with one attached hydrogen (secondary N) is 1. The summed E-state index contributed by atoms with van der Waals surface area (Å²) in [7, 11) is 0. The van der Waals surface area contributed by atoms with Gasteiger partial charge in [-0.2, -0.15) is 0 Å². The molecule has 0 bridgehead atoms. The minimum absolute atomic E-state index is 0.146. The fourth-order valence-electron chi connectivity index (χ4n) is 3.57. The van der Waals surface area contributed by atoms with Crippen LogP contribution in [0.3, 0.4) is 0 Å². The molecule has 1 saturated heterocycles. The Morgan fingerprint density at radius 1 is 1.23 bits per heavy atom. The van der Waals surface area contributed by atoms with Crippen molar-refractivity contribution in [2.45, 2.75) is 50.7 Å². The average molecular weight is 302 g/mol. The molecule has 0 aromatic heterocycles. The van der Waals surface area contributed by atoms with Crippen LogP contribution in [-0.4, -0.2) is 41.7 Å². The van der Waals surface area contributed by atoms with Crippen molar-refractivity contribution in [1.82, 2.24) is 10.2 Å². The third-order valence-corrected chi connectivity index (χ3v) is 4.92. The van der Waals surface area contributed by atoms with Gasteiger partial charge < -0.3 is 15.3 Å². The molecule has 2 aliphatic rings. The number of fused-ring (bicyclic) bond motifs is 1. The first-order valence-electron chi connectivity index (χ1n) is 8.50. The van der Waals surface area contributed by atoms with Crippen molar-refractivity contribution in [3.63, 3.8) is 0 Å². The smallest absolute Gasteiger partial charge is 0.221 e. The summed E-state index contributed by atoms with van der Waals surface area (Å²) in [6, 6.07) is 8.63. The Kier molecular flexibility index (Phi) is 5.11. The predicted octanol–water partition coefficient (Wildman–Crippen LogP) is 2.03. The molecule has 120 valence electrons. The monoisotopic (exact) mass is 302 g/mol. The molecule has 1 unspecified atom stereocenters. The summed E-state index contributed by atoms with van der Waals surface area (Å²) in [6.45, 7) is 2.61. The van der Waals surface area contributed by atoms with Crippen molar-refractivity contribution in [2.24, 2.45) is 0 Å². The number of carbonyl (C=O) groups is 1. The molecule has 1 atom stereocenters. The van der Waals surface area contributed by atoms with Crippen molar-refractivity contribution in [1.29, 1.82) is 0 Å². The molecular formula is C18H26N2O2. The fraction of sp³-hybridized carbons (Fsp3) is 0.611. The molecule has 4 heteroatoms. The zero-order valence-electron chi connectivity index (χ0n) is 13.1. The number of piperidine rings is 1. The van der Waals surface area contributed by atoms with Crippen LogP contribution in [0.4, 0.5) is 0 Å².